The first-order chi connectivity index (χ1) is 7.86. The van der Waals surface area contributed by atoms with E-state index >= 15 is 0 Å². The second kappa shape index (κ2) is 5.11. The molecular weight excluding hydrogens is 202 g/mol. The Labute approximate surface area is 94.1 Å². The zero-order chi connectivity index (χ0) is 11.2. The van der Waals surface area contributed by atoms with Gasteiger partial charge in [0.05, 0.1) is 5.57 Å². The number of hydrogen-bond donors (Lipinski definition) is 2. The van der Waals surface area contributed by atoms with E-state index in [0.717, 1.165) is 12.1 Å². The molecule has 0 radical (unpaired) electrons. The fraction of sp³-hybridized carbons (Fsp3) is 0.167. The van der Waals surface area contributed by atoms with Gasteiger partial charge in [0.15, 0.2) is 0 Å². The van der Waals surface area contributed by atoms with E-state index in [1.54, 1.807) is 18.6 Å². The molecule has 1 amide bonds. The molecule has 4 heteroatoms. The number of dihydropyridines is 1. The van der Waals surface area contributed by atoms with Crippen LogP contribution in [-0.2, 0) is 11.3 Å². The van der Waals surface area contributed by atoms with E-state index < -0.39 is 0 Å². The zero-order valence-electron chi connectivity index (χ0n) is 8.81. The quantitative estimate of drug-likeness (QED) is 0.782. The van der Waals surface area contributed by atoms with Crippen molar-refractivity contribution in [3.8, 4) is 0 Å². The maximum atomic E-state index is 11.7. The lowest BCUT2D eigenvalue weighted by atomic mass is 10.2. The molecule has 82 valence electrons. The molecule has 0 unspecified atom stereocenters. The number of nitrogens with zero attached hydrogens (tertiary/aromatic N) is 1. The number of amides is 1. The summed E-state index contributed by atoms with van der Waals surface area (Å²) in [4.78, 5) is 15.6. The highest BCUT2D eigenvalue weighted by molar-refractivity contribution is 5.96. The van der Waals surface area contributed by atoms with E-state index in [1.165, 1.54) is 0 Å². The summed E-state index contributed by atoms with van der Waals surface area (Å²) >= 11 is 0. The summed E-state index contributed by atoms with van der Waals surface area (Å²) in [5.41, 5.74) is 1.69. The third-order valence-electron chi connectivity index (χ3n) is 2.26. The van der Waals surface area contributed by atoms with Crippen molar-refractivity contribution < 1.29 is 4.79 Å². The minimum absolute atomic E-state index is 0.0692. The van der Waals surface area contributed by atoms with Gasteiger partial charge in [0.1, 0.15) is 0 Å². The minimum Gasteiger partial charge on any atom is -0.387 e. The van der Waals surface area contributed by atoms with Crippen molar-refractivity contribution in [2.75, 3.05) is 6.54 Å². The minimum atomic E-state index is -0.0692. The summed E-state index contributed by atoms with van der Waals surface area (Å²) < 4.78 is 0. The van der Waals surface area contributed by atoms with Crippen LogP contribution in [0.5, 0.6) is 0 Å². The second-order valence-electron chi connectivity index (χ2n) is 3.45. The van der Waals surface area contributed by atoms with Gasteiger partial charge in [-0.25, -0.2) is 0 Å². The van der Waals surface area contributed by atoms with Gasteiger partial charge in [-0.15, -0.1) is 0 Å². The van der Waals surface area contributed by atoms with Crippen LogP contribution in [0.2, 0.25) is 0 Å². The summed E-state index contributed by atoms with van der Waals surface area (Å²) in [6, 6.07) is 3.76. The van der Waals surface area contributed by atoms with E-state index in [2.05, 4.69) is 15.6 Å². The highest BCUT2D eigenvalue weighted by Gasteiger charge is 2.07. The highest BCUT2D eigenvalue weighted by atomic mass is 16.1. The smallest absolute Gasteiger partial charge is 0.253 e. The maximum absolute atomic E-state index is 11.7. The van der Waals surface area contributed by atoms with Gasteiger partial charge in [0, 0.05) is 31.7 Å². The number of nitrogens with one attached hydrogen (secondary N) is 2. The van der Waals surface area contributed by atoms with Crippen LogP contribution >= 0.6 is 0 Å². The van der Waals surface area contributed by atoms with Gasteiger partial charge >= 0.3 is 0 Å². The largest absolute Gasteiger partial charge is 0.387 e. The summed E-state index contributed by atoms with van der Waals surface area (Å²) in [6.45, 7) is 1.30. The Morgan fingerprint density at radius 3 is 2.94 bits per heavy atom. The van der Waals surface area contributed by atoms with Crippen molar-refractivity contribution in [1.29, 1.82) is 0 Å². The Kier molecular flexibility index (Phi) is 3.33. The third kappa shape index (κ3) is 2.70. The van der Waals surface area contributed by atoms with Crippen LogP contribution in [0.3, 0.4) is 0 Å². The number of aromatic nitrogens is 1. The molecule has 1 aliphatic rings. The molecular formula is C12H13N3O. The van der Waals surface area contributed by atoms with Crippen molar-refractivity contribution in [3.05, 3.63) is 54.0 Å². The van der Waals surface area contributed by atoms with Crippen LogP contribution < -0.4 is 10.6 Å². The standard InChI is InChI=1S/C12H13N3O/c16-12(11-2-1-5-14-9-11)15-8-10-3-6-13-7-4-10/h1-4,6-7,9,14H,5,8H2,(H,15,16). The Balaban J connectivity index is 1.89. The van der Waals surface area contributed by atoms with E-state index in [-0.39, 0.29) is 5.91 Å². The number of carbonyl (C=O) groups is 1. The van der Waals surface area contributed by atoms with Crippen molar-refractivity contribution in [2.24, 2.45) is 0 Å². The number of pyridine rings is 1. The van der Waals surface area contributed by atoms with Gasteiger partial charge in [-0.2, -0.15) is 0 Å². The van der Waals surface area contributed by atoms with Crippen LogP contribution in [0.15, 0.2) is 48.5 Å². The van der Waals surface area contributed by atoms with E-state index in [9.17, 15) is 4.79 Å². The average Bonchev–Trinajstić information content (AvgIpc) is 2.38. The average molecular weight is 215 g/mol. The van der Waals surface area contributed by atoms with Crippen molar-refractivity contribution in [2.45, 2.75) is 6.54 Å². The highest BCUT2D eigenvalue weighted by Crippen LogP contribution is 2.01. The van der Waals surface area contributed by atoms with Gasteiger partial charge in [0.25, 0.3) is 5.91 Å². The molecule has 1 aromatic rings. The van der Waals surface area contributed by atoms with E-state index in [1.807, 2.05) is 24.3 Å². The molecule has 2 rings (SSSR count). The molecule has 16 heavy (non-hydrogen) atoms. The molecule has 0 saturated carbocycles. The molecule has 0 aromatic carbocycles. The Morgan fingerprint density at radius 2 is 2.25 bits per heavy atom. The van der Waals surface area contributed by atoms with Crippen LogP contribution in [0, 0.1) is 0 Å². The molecule has 0 bridgehead atoms. The number of carbonyl (C=O) groups excluding carboxylic acids is 1. The molecule has 0 atom stereocenters. The first kappa shape index (κ1) is 10.4. The monoisotopic (exact) mass is 215 g/mol. The Hall–Kier alpha value is -2.10. The first-order valence-electron chi connectivity index (χ1n) is 5.13. The topological polar surface area (TPSA) is 54.0 Å². The first-order valence-corrected chi connectivity index (χ1v) is 5.13. The molecule has 0 fully saturated rings. The lowest BCUT2D eigenvalue weighted by molar-refractivity contribution is -0.117. The van der Waals surface area contributed by atoms with Gasteiger partial charge in [0.2, 0.25) is 0 Å². The molecule has 2 heterocycles. The fourth-order valence-electron chi connectivity index (χ4n) is 1.40. The number of hydrogen-bond acceptors (Lipinski definition) is 3. The van der Waals surface area contributed by atoms with Crippen molar-refractivity contribution >= 4 is 5.91 Å². The Morgan fingerprint density at radius 1 is 1.44 bits per heavy atom. The van der Waals surface area contributed by atoms with Crippen molar-refractivity contribution in [1.82, 2.24) is 15.6 Å². The lowest BCUT2D eigenvalue weighted by Gasteiger charge is -2.09. The third-order valence-corrected chi connectivity index (χ3v) is 2.26. The SMILES string of the molecule is O=C(NCc1ccncc1)C1=CNCC=C1. The Bertz CT molecular complexity index is 423. The predicted molar refractivity (Wildman–Crippen MR) is 61.3 cm³/mol. The van der Waals surface area contributed by atoms with Crippen LogP contribution in [-0.4, -0.2) is 17.4 Å². The molecule has 0 aliphatic carbocycles. The molecule has 0 spiro atoms. The predicted octanol–water partition coefficient (Wildman–Crippen LogP) is 0.741. The fourth-order valence-corrected chi connectivity index (χ4v) is 1.40. The van der Waals surface area contributed by atoms with E-state index in [0.29, 0.717) is 12.1 Å². The summed E-state index contributed by atoms with van der Waals surface area (Å²) in [5.74, 6) is -0.0692. The second-order valence-corrected chi connectivity index (χ2v) is 3.45. The summed E-state index contributed by atoms with van der Waals surface area (Å²) in [7, 11) is 0. The molecule has 0 saturated heterocycles. The van der Waals surface area contributed by atoms with Gasteiger partial charge in [-0.05, 0) is 17.7 Å². The number of rotatable bonds is 3. The van der Waals surface area contributed by atoms with Gasteiger partial charge in [-0.1, -0.05) is 12.2 Å². The molecule has 1 aromatic heterocycles. The van der Waals surface area contributed by atoms with Gasteiger partial charge in [-0.3, -0.25) is 9.78 Å². The normalized spacial score (nSPS) is 13.9. The van der Waals surface area contributed by atoms with E-state index in [4.69, 9.17) is 0 Å². The lowest BCUT2D eigenvalue weighted by Crippen LogP contribution is -2.26. The molecule has 2 N–H and O–H groups in total. The maximum Gasteiger partial charge on any atom is 0.253 e. The van der Waals surface area contributed by atoms with Gasteiger partial charge < -0.3 is 10.6 Å². The summed E-state index contributed by atoms with van der Waals surface area (Å²) in [5, 5.41) is 5.84. The van der Waals surface area contributed by atoms with Crippen LogP contribution in [0.25, 0.3) is 0 Å². The summed E-state index contributed by atoms with van der Waals surface area (Å²) in [6.07, 6.45) is 8.88. The molecule has 4 nitrogen and oxygen atoms in total. The van der Waals surface area contributed by atoms with Crippen LogP contribution in [0.1, 0.15) is 5.56 Å². The van der Waals surface area contributed by atoms with Crippen LogP contribution in [0.4, 0.5) is 0 Å². The van der Waals surface area contributed by atoms with Crippen molar-refractivity contribution in [3.63, 3.8) is 0 Å². The zero-order valence-corrected chi connectivity index (χ0v) is 8.81. The molecule has 1 aliphatic heterocycles.